The first-order valence-electron chi connectivity index (χ1n) is 11.8. The zero-order valence-electron chi connectivity index (χ0n) is 20.7. The number of anilines is 1. The Kier molecular flexibility index (Phi) is 5.08. The van der Waals surface area contributed by atoms with E-state index in [1.54, 1.807) is 4.68 Å². The van der Waals surface area contributed by atoms with E-state index in [1.165, 1.54) is 0 Å². The number of hydrogen-bond donors (Lipinski definition) is 2. The molecule has 0 amide bonds. The van der Waals surface area contributed by atoms with Crippen LogP contribution in [0.3, 0.4) is 0 Å². The highest BCUT2D eigenvalue weighted by Gasteiger charge is 2.39. The molecule has 3 aromatic rings. The van der Waals surface area contributed by atoms with Gasteiger partial charge < -0.3 is 10.4 Å². The maximum Gasteiger partial charge on any atom is 0.277 e. The minimum Gasteiger partial charge on any atom is -0.512 e. The number of aliphatic hydroxyl groups excluding tert-OH is 1. The number of nitrogens with zero attached hydrogens (tertiary/aromatic N) is 3. The number of para-hydroxylation sites is 1. The Morgan fingerprint density at radius 1 is 1.06 bits per heavy atom. The normalized spacial score (nSPS) is 19.1. The van der Waals surface area contributed by atoms with Crippen LogP contribution in [0.4, 0.5) is 11.4 Å². The maximum atomic E-state index is 13.9. The van der Waals surface area contributed by atoms with Gasteiger partial charge in [0.05, 0.1) is 34.4 Å². The van der Waals surface area contributed by atoms with Crippen LogP contribution in [0.25, 0.3) is 5.69 Å². The van der Waals surface area contributed by atoms with E-state index in [-0.39, 0.29) is 11.0 Å². The Hall–Kier alpha value is -3.54. The standard InChI is InChI=1S/C28H32N4O2/c1-16-12-20-21(13-17(16)2)30-26(25-22(29-20)14-28(4,5)15-23(25)33)24-18(3)31(6)32(27(24)34)19-10-8-7-9-11-19/h7-13,26,30,33H,14-15H2,1-6H3. The summed E-state index contributed by atoms with van der Waals surface area (Å²) < 4.78 is 3.59. The van der Waals surface area contributed by atoms with E-state index in [1.807, 2.05) is 49.0 Å². The summed E-state index contributed by atoms with van der Waals surface area (Å²) >= 11 is 0. The molecule has 6 heteroatoms. The van der Waals surface area contributed by atoms with E-state index in [9.17, 15) is 9.90 Å². The largest absolute Gasteiger partial charge is 0.512 e. The molecule has 0 fully saturated rings. The van der Waals surface area contributed by atoms with E-state index in [0.717, 1.165) is 51.6 Å². The number of aliphatic imine (C=N–C) groups is 1. The Balaban J connectivity index is 1.78. The van der Waals surface area contributed by atoms with Gasteiger partial charge in [-0.2, -0.15) is 0 Å². The quantitative estimate of drug-likeness (QED) is 0.499. The Morgan fingerprint density at radius 2 is 1.74 bits per heavy atom. The second-order valence-corrected chi connectivity index (χ2v) is 10.4. The maximum absolute atomic E-state index is 13.9. The monoisotopic (exact) mass is 456 g/mol. The van der Waals surface area contributed by atoms with Crippen LogP contribution in [0.5, 0.6) is 0 Å². The third-order valence-corrected chi connectivity index (χ3v) is 7.26. The molecule has 1 aliphatic carbocycles. The first kappa shape index (κ1) is 22.3. The Morgan fingerprint density at radius 3 is 2.44 bits per heavy atom. The molecule has 2 aromatic carbocycles. The molecular formula is C28H32N4O2. The molecule has 6 nitrogen and oxygen atoms in total. The molecule has 0 radical (unpaired) electrons. The molecule has 0 saturated heterocycles. The molecule has 34 heavy (non-hydrogen) atoms. The van der Waals surface area contributed by atoms with E-state index in [4.69, 9.17) is 4.99 Å². The summed E-state index contributed by atoms with van der Waals surface area (Å²) in [5, 5.41) is 14.9. The van der Waals surface area contributed by atoms with Crippen molar-refractivity contribution in [2.24, 2.45) is 17.5 Å². The molecule has 0 bridgehead atoms. The minimum atomic E-state index is -0.498. The van der Waals surface area contributed by atoms with Crippen molar-refractivity contribution < 1.29 is 5.11 Å². The lowest BCUT2D eigenvalue weighted by atomic mass is 9.74. The first-order chi connectivity index (χ1) is 16.1. The average molecular weight is 457 g/mol. The van der Waals surface area contributed by atoms with Crippen LogP contribution in [0.2, 0.25) is 0 Å². The van der Waals surface area contributed by atoms with E-state index < -0.39 is 6.04 Å². The average Bonchev–Trinajstić information content (AvgIpc) is 2.88. The van der Waals surface area contributed by atoms with Crippen molar-refractivity contribution in [3.8, 4) is 5.69 Å². The number of nitrogens with one attached hydrogen (secondary N) is 1. The number of aryl methyl sites for hydroxylation is 2. The van der Waals surface area contributed by atoms with Gasteiger partial charge in [0.1, 0.15) is 5.76 Å². The summed E-state index contributed by atoms with van der Waals surface area (Å²) in [6.07, 6.45) is 1.28. The van der Waals surface area contributed by atoms with Crippen molar-refractivity contribution in [1.82, 2.24) is 9.36 Å². The SMILES string of the molecule is Cc1cc2c(cc1C)NC(c1c(C)n(C)n(-c3ccccc3)c1=O)C1=C(O)CC(C)(C)CC1=N2. The molecule has 2 aliphatic rings. The topological polar surface area (TPSA) is 71.5 Å². The number of benzene rings is 2. The fraction of sp³-hybridized carbons (Fsp3) is 0.357. The third-order valence-electron chi connectivity index (χ3n) is 7.26. The van der Waals surface area contributed by atoms with Crippen molar-refractivity contribution in [2.75, 3.05) is 5.32 Å². The summed E-state index contributed by atoms with van der Waals surface area (Å²) in [5.74, 6) is 0.308. The smallest absolute Gasteiger partial charge is 0.277 e. The van der Waals surface area contributed by atoms with Crippen LogP contribution in [-0.4, -0.2) is 20.2 Å². The number of aromatic nitrogens is 2. The molecule has 0 spiro atoms. The van der Waals surface area contributed by atoms with Crippen LogP contribution in [-0.2, 0) is 7.05 Å². The second kappa shape index (κ2) is 7.76. The lowest BCUT2D eigenvalue weighted by Crippen LogP contribution is -2.32. The summed E-state index contributed by atoms with van der Waals surface area (Å²) in [6, 6.07) is 13.3. The summed E-state index contributed by atoms with van der Waals surface area (Å²) in [7, 11) is 1.90. The van der Waals surface area contributed by atoms with Crippen LogP contribution in [0, 0.1) is 26.2 Å². The van der Waals surface area contributed by atoms with Gasteiger partial charge >= 0.3 is 0 Å². The lowest BCUT2D eigenvalue weighted by molar-refractivity contribution is 0.276. The van der Waals surface area contributed by atoms with Crippen molar-refractivity contribution in [1.29, 1.82) is 0 Å². The van der Waals surface area contributed by atoms with Gasteiger partial charge in [0.2, 0.25) is 0 Å². The zero-order valence-corrected chi connectivity index (χ0v) is 20.7. The van der Waals surface area contributed by atoms with Gasteiger partial charge in [0, 0.05) is 24.7 Å². The predicted octanol–water partition coefficient (Wildman–Crippen LogP) is 5.97. The summed E-state index contributed by atoms with van der Waals surface area (Å²) in [6.45, 7) is 10.4. The van der Waals surface area contributed by atoms with Gasteiger partial charge in [-0.05, 0) is 68.0 Å². The van der Waals surface area contributed by atoms with E-state index in [2.05, 4.69) is 45.1 Å². The highest BCUT2D eigenvalue weighted by atomic mass is 16.3. The van der Waals surface area contributed by atoms with Gasteiger partial charge in [0.15, 0.2) is 0 Å². The molecule has 5 rings (SSSR count). The van der Waals surface area contributed by atoms with Gasteiger partial charge in [-0.15, -0.1) is 0 Å². The number of aliphatic hydroxyl groups is 1. The van der Waals surface area contributed by atoms with Crippen LogP contribution >= 0.6 is 0 Å². The minimum absolute atomic E-state index is 0.0968. The van der Waals surface area contributed by atoms with Crippen LogP contribution < -0.4 is 10.9 Å². The number of hydrogen-bond acceptors (Lipinski definition) is 4. The second-order valence-electron chi connectivity index (χ2n) is 10.4. The van der Waals surface area contributed by atoms with E-state index >= 15 is 0 Å². The lowest BCUT2D eigenvalue weighted by Gasteiger charge is -2.34. The van der Waals surface area contributed by atoms with Crippen LogP contribution in [0.15, 0.2) is 63.6 Å². The van der Waals surface area contributed by atoms with Crippen molar-refractivity contribution >= 4 is 17.1 Å². The molecule has 176 valence electrons. The third kappa shape index (κ3) is 3.49. The zero-order chi connectivity index (χ0) is 24.4. The molecule has 1 unspecified atom stereocenters. The number of fused-ring (bicyclic) bond motifs is 2. The highest BCUT2D eigenvalue weighted by molar-refractivity contribution is 6.06. The van der Waals surface area contributed by atoms with Gasteiger partial charge in [-0.3, -0.25) is 14.5 Å². The Bertz CT molecular complexity index is 1420. The molecule has 1 aliphatic heterocycles. The first-order valence-corrected chi connectivity index (χ1v) is 11.8. The number of rotatable bonds is 2. The fourth-order valence-electron chi connectivity index (χ4n) is 5.28. The molecule has 1 atom stereocenters. The summed E-state index contributed by atoms with van der Waals surface area (Å²) in [5.41, 5.74) is 7.70. The predicted molar refractivity (Wildman–Crippen MR) is 138 cm³/mol. The van der Waals surface area contributed by atoms with Crippen molar-refractivity contribution in [3.63, 3.8) is 0 Å². The van der Waals surface area contributed by atoms with Crippen molar-refractivity contribution in [2.45, 2.75) is 53.5 Å². The molecule has 2 N–H and O–H groups in total. The summed E-state index contributed by atoms with van der Waals surface area (Å²) in [4.78, 5) is 19.0. The van der Waals surface area contributed by atoms with Crippen LogP contribution in [0.1, 0.15) is 55.1 Å². The van der Waals surface area contributed by atoms with Gasteiger partial charge in [-0.25, -0.2) is 4.68 Å². The van der Waals surface area contributed by atoms with Gasteiger partial charge in [-0.1, -0.05) is 32.0 Å². The van der Waals surface area contributed by atoms with E-state index in [0.29, 0.717) is 17.7 Å². The molecular weight excluding hydrogens is 424 g/mol. The van der Waals surface area contributed by atoms with Crippen molar-refractivity contribution in [3.05, 3.63) is 86.5 Å². The molecule has 0 saturated carbocycles. The number of allylic oxidation sites excluding steroid dienone is 1. The highest BCUT2D eigenvalue weighted by Crippen LogP contribution is 2.46. The molecule has 2 heterocycles. The fourth-order valence-corrected chi connectivity index (χ4v) is 5.28. The van der Waals surface area contributed by atoms with Gasteiger partial charge in [0.25, 0.3) is 5.56 Å². The molecule has 1 aromatic heterocycles. The Labute approximate surface area is 200 Å².